The summed E-state index contributed by atoms with van der Waals surface area (Å²) >= 11 is 3.59. The van der Waals surface area contributed by atoms with E-state index in [1.165, 1.54) is 18.5 Å². The summed E-state index contributed by atoms with van der Waals surface area (Å²) in [5.74, 6) is 1.31. The molecule has 0 bridgehead atoms. The van der Waals surface area contributed by atoms with E-state index >= 15 is 0 Å². The van der Waals surface area contributed by atoms with Crippen LogP contribution < -0.4 is 5.32 Å². The van der Waals surface area contributed by atoms with E-state index in [-0.39, 0.29) is 0 Å². The molecule has 1 fully saturated rings. The molecule has 0 amide bonds. The van der Waals surface area contributed by atoms with Gasteiger partial charge >= 0.3 is 0 Å². The highest BCUT2D eigenvalue weighted by Gasteiger charge is 2.35. The normalized spacial score (nSPS) is 31.1. The summed E-state index contributed by atoms with van der Waals surface area (Å²) in [6.45, 7) is 2.33. The Bertz CT molecular complexity index is 328. The molecule has 1 saturated carbocycles. The highest BCUT2D eigenvalue weighted by atomic mass is 79.9. The predicted octanol–water partition coefficient (Wildman–Crippen LogP) is 2.28. The van der Waals surface area contributed by atoms with Crippen LogP contribution >= 0.6 is 15.9 Å². The van der Waals surface area contributed by atoms with Gasteiger partial charge in [-0.3, -0.25) is 4.68 Å². The van der Waals surface area contributed by atoms with Crippen LogP contribution in [0.25, 0.3) is 0 Å². The number of hydrogen-bond acceptors (Lipinski definition) is 2. The molecule has 84 valence electrons. The molecule has 1 aliphatic rings. The van der Waals surface area contributed by atoms with Crippen LogP contribution in [0.2, 0.25) is 0 Å². The molecule has 0 saturated heterocycles. The Morgan fingerprint density at radius 1 is 1.53 bits per heavy atom. The molecule has 0 aromatic carbocycles. The first-order chi connectivity index (χ1) is 7.15. The van der Waals surface area contributed by atoms with Crippen molar-refractivity contribution in [3.8, 4) is 0 Å². The topological polar surface area (TPSA) is 29.9 Å². The molecule has 1 aromatic heterocycles. The standard InChI is InChI=1S/C11H18BrN3/c1-7-8(4-5-10(7)13-2)11-9(12)6-14-15(11)3/h6-8,10,13H,4-5H2,1-3H3. The van der Waals surface area contributed by atoms with Crippen molar-refractivity contribution in [2.75, 3.05) is 7.05 Å². The van der Waals surface area contributed by atoms with Gasteiger partial charge in [-0.05, 0) is 41.7 Å². The third kappa shape index (κ3) is 1.85. The highest BCUT2D eigenvalue weighted by Crippen LogP contribution is 2.41. The van der Waals surface area contributed by atoms with Gasteiger partial charge in [0.2, 0.25) is 0 Å². The Labute approximate surface area is 99.4 Å². The minimum absolute atomic E-state index is 0.629. The van der Waals surface area contributed by atoms with Crippen LogP contribution in [0.5, 0.6) is 0 Å². The van der Waals surface area contributed by atoms with Gasteiger partial charge in [-0.25, -0.2) is 0 Å². The molecule has 3 nitrogen and oxygen atoms in total. The number of nitrogens with zero attached hydrogens (tertiary/aromatic N) is 2. The average molecular weight is 272 g/mol. The highest BCUT2D eigenvalue weighted by molar-refractivity contribution is 9.10. The first-order valence-corrected chi connectivity index (χ1v) is 6.29. The number of aryl methyl sites for hydroxylation is 1. The largest absolute Gasteiger partial charge is 0.317 e. The van der Waals surface area contributed by atoms with Crippen LogP contribution in [-0.2, 0) is 7.05 Å². The first kappa shape index (κ1) is 11.1. The van der Waals surface area contributed by atoms with E-state index < -0.39 is 0 Å². The fourth-order valence-corrected chi connectivity index (χ4v) is 3.44. The molecular formula is C11H18BrN3. The lowest BCUT2D eigenvalue weighted by atomic mass is 9.93. The first-order valence-electron chi connectivity index (χ1n) is 5.49. The predicted molar refractivity (Wildman–Crippen MR) is 64.9 cm³/mol. The summed E-state index contributed by atoms with van der Waals surface area (Å²) < 4.78 is 3.15. The number of aromatic nitrogens is 2. The third-order valence-electron chi connectivity index (χ3n) is 3.72. The molecule has 2 rings (SSSR count). The van der Waals surface area contributed by atoms with Gasteiger partial charge in [-0.2, -0.15) is 5.10 Å². The Balaban J connectivity index is 2.26. The number of halogens is 1. The lowest BCUT2D eigenvalue weighted by Crippen LogP contribution is -2.29. The molecule has 0 spiro atoms. The molecule has 0 radical (unpaired) electrons. The number of hydrogen-bond donors (Lipinski definition) is 1. The van der Waals surface area contributed by atoms with Crippen molar-refractivity contribution in [3.05, 3.63) is 16.4 Å². The van der Waals surface area contributed by atoms with Gasteiger partial charge in [0, 0.05) is 19.0 Å². The molecule has 1 N–H and O–H groups in total. The van der Waals surface area contributed by atoms with Crippen LogP contribution in [-0.4, -0.2) is 22.9 Å². The summed E-state index contributed by atoms with van der Waals surface area (Å²) in [5, 5.41) is 7.69. The summed E-state index contributed by atoms with van der Waals surface area (Å²) in [4.78, 5) is 0. The van der Waals surface area contributed by atoms with Crippen molar-refractivity contribution in [2.45, 2.75) is 31.7 Å². The SMILES string of the molecule is CNC1CCC(c2c(Br)cnn2C)C1C. The van der Waals surface area contributed by atoms with Crippen molar-refractivity contribution >= 4 is 15.9 Å². The van der Waals surface area contributed by atoms with Crippen LogP contribution in [0, 0.1) is 5.92 Å². The van der Waals surface area contributed by atoms with Crippen LogP contribution in [0.15, 0.2) is 10.7 Å². The van der Waals surface area contributed by atoms with Crippen molar-refractivity contribution in [1.82, 2.24) is 15.1 Å². The number of nitrogens with one attached hydrogen (secondary N) is 1. The van der Waals surface area contributed by atoms with Crippen molar-refractivity contribution in [2.24, 2.45) is 13.0 Å². The van der Waals surface area contributed by atoms with E-state index in [1.807, 2.05) is 17.9 Å². The van der Waals surface area contributed by atoms with Gasteiger partial charge in [0.15, 0.2) is 0 Å². The van der Waals surface area contributed by atoms with E-state index in [0.29, 0.717) is 17.9 Å². The second-order valence-corrected chi connectivity index (χ2v) is 5.29. The molecule has 1 aromatic rings. The Kier molecular flexibility index (Phi) is 3.16. The molecule has 4 heteroatoms. The second-order valence-electron chi connectivity index (χ2n) is 4.44. The van der Waals surface area contributed by atoms with E-state index in [1.54, 1.807) is 0 Å². The zero-order chi connectivity index (χ0) is 11.0. The smallest absolute Gasteiger partial charge is 0.0635 e. The van der Waals surface area contributed by atoms with Gasteiger partial charge in [0.05, 0.1) is 16.4 Å². The zero-order valence-electron chi connectivity index (χ0n) is 9.50. The lowest BCUT2D eigenvalue weighted by Gasteiger charge is -2.20. The van der Waals surface area contributed by atoms with Gasteiger partial charge in [0.25, 0.3) is 0 Å². The minimum Gasteiger partial charge on any atom is -0.317 e. The summed E-state index contributed by atoms with van der Waals surface area (Å²) in [6.07, 6.45) is 4.42. The van der Waals surface area contributed by atoms with Crippen molar-refractivity contribution in [1.29, 1.82) is 0 Å². The molecule has 3 unspecified atom stereocenters. The van der Waals surface area contributed by atoms with Crippen molar-refractivity contribution in [3.63, 3.8) is 0 Å². The fourth-order valence-electron chi connectivity index (χ4n) is 2.80. The quantitative estimate of drug-likeness (QED) is 0.895. The van der Waals surface area contributed by atoms with Gasteiger partial charge in [-0.1, -0.05) is 6.92 Å². The van der Waals surface area contributed by atoms with Crippen LogP contribution in [0.4, 0.5) is 0 Å². The molecular weight excluding hydrogens is 254 g/mol. The summed E-state index contributed by atoms with van der Waals surface area (Å²) in [5.41, 5.74) is 1.35. The fraction of sp³-hybridized carbons (Fsp3) is 0.727. The van der Waals surface area contributed by atoms with Crippen LogP contribution in [0.1, 0.15) is 31.4 Å². The maximum atomic E-state index is 4.30. The zero-order valence-corrected chi connectivity index (χ0v) is 11.1. The molecule has 0 aliphatic heterocycles. The maximum Gasteiger partial charge on any atom is 0.0635 e. The van der Waals surface area contributed by atoms with Gasteiger partial charge < -0.3 is 5.32 Å². The molecule has 1 heterocycles. The van der Waals surface area contributed by atoms with Gasteiger partial charge in [0.1, 0.15) is 0 Å². The Hall–Kier alpha value is -0.350. The van der Waals surface area contributed by atoms with E-state index in [9.17, 15) is 0 Å². The maximum absolute atomic E-state index is 4.30. The average Bonchev–Trinajstić information content (AvgIpc) is 2.71. The van der Waals surface area contributed by atoms with Crippen LogP contribution in [0.3, 0.4) is 0 Å². The minimum atomic E-state index is 0.629. The molecule has 3 atom stereocenters. The van der Waals surface area contributed by atoms with Gasteiger partial charge in [-0.15, -0.1) is 0 Å². The van der Waals surface area contributed by atoms with E-state index in [0.717, 1.165) is 4.47 Å². The Morgan fingerprint density at radius 3 is 2.73 bits per heavy atom. The Morgan fingerprint density at radius 2 is 2.27 bits per heavy atom. The van der Waals surface area contributed by atoms with E-state index in [4.69, 9.17) is 0 Å². The number of rotatable bonds is 2. The monoisotopic (exact) mass is 271 g/mol. The summed E-state index contributed by atoms with van der Waals surface area (Å²) in [7, 11) is 4.08. The van der Waals surface area contributed by atoms with Crippen molar-refractivity contribution < 1.29 is 0 Å². The third-order valence-corrected chi connectivity index (χ3v) is 4.33. The van der Waals surface area contributed by atoms with E-state index in [2.05, 4.69) is 40.3 Å². The summed E-state index contributed by atoms with van der Waals surface area (Å²) in [6, 6.07) is 0.650. The lowest BCUT2D eigenvalue weighted by molar-refractivity contribution is 0.416. The molecule has 1 aliphatic carbocycles. The second kappa shape index (κ2) is 4.26. The molecule has 15 heavy (non-hydrogen) atoms.